The van der Waals surface area contributed by atoms with Crippen LogP contribution in [-0.2, 0) is 32.7 Å². The van der Waals surface area contributed by atoms with E-state index in [-0.39, 0.29) is 17.5 Å². The summed E-state index contributed by atoms with van der Waals surface area (Å²) in [6.45, 7) is 2.92. The van der Waals surface area contributed by atoms with Crippen molar-refractivity contribution in [3.05, 3.63) is 24.0 Å². The van der Waals surface area contributed by atoms with Gasteiger partial charge in [0.05, 0.1) is 15.9 Å². The lowest BCUT2D eigenvalue weighted by molar-refractivity contribution is -0.146. The molecule has 7 nitrogen and oxygen atoms in total. The molecule has 0 spiro atoms. The molecule has 3 unspecified atom stereocenters. The van der Waals surface area contributed by atoms with Crippen molar-refractivity contribution >= 4 is 27.0 Å². The van der Waals surface area contributed by atoms with Gasteiger partial charge < -0.3 is 9.30 Å². The van der Waals surface area contributed by atoms with Crippen LogP contribution in [0.25, 0.3) is 11.0 Å². The second kappa shape index (κ2) is 8.30. The predicted molar refractivity (Wildman–Crippen MR) is 114 cm³/mol. The molecule has 3 atom stereocenters. The standard InChI is InChI=1S/C22H31N3O4S/c1-4-9-25-20-8-7-18(30(27,28)24(2)3)13-19(20)23-21(25)14-29-22(26)12-17-11-15-5-6-16(17)10-15/h7-8,13,15-17H,4-6,9-12,14H2,1-3H3. The SMILES string of the molecule is CCCn1c(COC(=O)CC2CC3CCC2C3)nc2cc(S(=O)(=O)N(C)C)ccc21. The molecule has 8 heteroatoms. The van der Waals surface area contributed by atoms with E-state index in [0.29, 0.717) is 29.6 Å². The van der Waals surface area contributed by atoms with Crippen LogP contribution in [0.1, 0.15) is 51.3 Å². The lowest BCUT2D eigenvalue weighted by Gasteiger charge is -2.20. The topological polar surface area (TPSA) is 81.5 Å². The Morgan fingerprint density at radius 1 is 1.27 bits per heavy atom. The van der Waals surface area contributed by atoms with E-state index in [1.807, 2.05) is 4.57 Å². The molecule has 0 amide bonds. The van der Waals surface area contributed by atoms with Crippen LogP contribution in [0.3, 0.4) is 0 Å². The first kappa shape index (κ1) is 21.3. The van der Waals surface area contributed by atoms with Gasteiger partial charge >= 0.3 is 5.97 Å². The van der Waals surface area contributed by atoms with Crippen LogP contribution in [0.2, 0.25) is 0 Å². The zero-order valence-electron chi connectivity index (χ0n) is 18.0. The highest BCUT2D eigenvalue weighted by molar-refractivity contribution is 7.89. The number of hydrogen-bond acceptors (Lipinski definition) is 5. The largest absolute Gasteiger partial charge is 0.457 e. The summed E-state index contributed by atoms with van der Waals surface area (Å²) in [6, 6.07) is 4.99. The number of sulfonamides is 1. The van der Waals surface area contributed by atoms with E-state index in [0.717, 1.165) is 30.8 Å². The van der Waals surface area contributed by atoms with Crippen molar-refractivity contribution in [3.63, 3.8) is 0 Å². The van der Waals surface area contributed by atoms with Crippen molar-refractivity contribution in [2.75, 3.05) is 14.1 Å². The van der Waals surface area contributed by atoms with Gasteiger partial charge in [0.2, 0.25) is 10.0 Å². The summed E-state index contributed by atoms with van der Waals surface area (Å²) in [5.74, 6) is 2.49. The van der Waals surface area contributed by atoms with Gasteiger partial charge in [0.15, 0.2) is 0 Å². The van der Waals surface area contributed by atoms with E-state index in [4.69, 9.17) is 4.74 Å². The number of aryl methyl sites for hydroxylation is 1. The minimum atomic E-state index is -3.53. The van der Waals surface area contributed by atoms with Gasteiger partial charge in [-0.15, -0.1) is 0 Å². The van der Waals surface area contributed by atoms with Gasteiger partial charge in [-0.1, -0.05) is 13.3 Å². The number of fused-ring (bicyclic) bond motifs is 3. The lowest BCUT2D eigenvalue weighted by Crippen LogP contribution is -2.22. The van der Waals surface area contributed by atoms with Gasteiger partial charge in [0, 0.05) is 27.1 Å². The highest BCUT2D eigenvalue weighted by Gasteiger charge is 2.40. The number of rotatable bonds is 8. The first-order chi connectivity index (χ1) is 14.3. The first-order valence-electron chi connectivity index (χ1n) is 10.9. The zero-order valence-corrected chi connectivity index (χ0v) is 18.8. The highest BCUT2D eigenvalue weighted by atomic mass is 32.2. The Balaban J connectivity index is 1.51. The number of imidazole rings is 1. The fourth-order valence-electron chi connectivity index (χ4n) is 5.16. The van der Waals surface area contributed by atoms with Crippen LogP contribution >= 0.6 is 0 Å². The molecule has 0 saturated heterocycles. The van der Waals surface area contributed by atoms with E-state index in [1.54, 1.807) is 18.2 Å². The molecule has 1 heterocycles. The quantitative estimate of drug-likeness (QED) is 0.595. The Hall–Kier alpha value is -1.93. The summed E-state index contributed by atoms with van der Waals surface area (Å²) < 4.78 is 33.7. The molecule has 4 rings (SSSR count). The second-order valence-electron chi connectivity index (χ2n) is 8.92. The Kier molecular flexibility index (Phi) is 5.90. The number of carbonyl (C=O) groups is 1. The zero-order chi connectivity index (χ0) is 21.5. The molecule has 0 aliphatic heterocycles. The summed E-state index contributed by atoms with van der Waals surface area (Å²) in [4.78, 5) is 17.3. The fraction of sp³-hybridized carbons (Fsp3) is 0.636. The normalized spacial score (nSPS) is 23.5. The molecule has 2 bridgehead atoms. The monoisotopic (exact) mass is 433 g/mol. The van der Waals surface area contributed by atoms with Gasteiger partial charge in [-0.25, -0.2) is 17.7 Å². The molecule has 2 saturated carbocycles. The van der Waals surface area contributed by atoms with Crippen molar-refractivity contribution in [2.45, 2.75) is 63.5 Å². The number of benzene rings is 1. The van der Waals surface area contributed by atoms with E-state index in [1.165, 1.54) is 37.7 Å². The molecule has 2 aliphatic carbocycles. The van der Waals surface area contributed by atoms with E-state index < -0.39 is 10.0 Å². The molecule has 30 heavy (non-hydrogen) atoms. The van der Waals surface area contributed by atoms with Crippen molar-refractivity contribution in [2.24, 2.45) is 17.8 Å². The molecule has 2 fully saturated rings. The molecule has 0 N–H and O–H groups in total. The van der Waals surface area contributed by atoms with Crippen LogP contribution in [0.4, 0.5) is 0 Å². The Morgan fingerprint density at radius 3 is 2.70 bits per heavy atom. The summed E-state index contributed by atoms with van der Waals surface area (Å²) in [5, 5.41) is 0. The van der Waals surface area contributed by atoms with Crippen LogP contribution < -0.4 is 0 Å². The van der Waals surface area contributed by atoms with E-state index in [9.17, 15) is 13.2 Å². The first-order valence-corrected chi connectivity index (χ1v) is 12.3. The second-order valence-corrected chi connectivity index (χ2v) is 11.1. The Bertz CT molecular complexity index is 1040. The average Bonchev–Trinajstić information content (AvgIpc) is 3.40. The fourth-order valence-corrected chi connectivity index (χ4v) is 6.08. The van der Waals surface area contributed by atoms with Crippen LogP contribution in [0, 0.1) is 17.8 Å². The number of esters is 1. The van der Waals surface area contributed by atoms with Crippen molar-refractivity contribution in [1.82, 2.24) is 13.9 Å². The molecule has 1 aromatic heterocycles. The number of nitrogens with zero attached hydrogens (tertiary/aromatic N) is 3. The average molecular weight is 434 g/mol. The maximum Gasteiger partial charge on any atom is 0.306 e. The maximum atomic E-state index is 12.4. The van der Waals surface area contributed by atoms with Crippen LogP contribution in [-0.4, -0.2) is 42.3 Å². The van der Waals surface area contributed by atoms with Gasteiger partial charge in [0.25, 0.3) is 0 Å². The van der Waals surface area contributed by atoms with Crippen molar-refractivity contribution in [1.29, 1.82) is 0 Å². The molecule has 2 aliphatic rings. The summed E-state index contributed by atoms with van der Waals surface area (Å²) in [6.07, 6.45) is 6.42. The maximum absolute atomic E-state index is 12.4. The van der Waals surface area contributed by atoms with Crippen molar-refractivity contribution in [3.8, 4) is 0 Å². The van der Waals surface area contributed by atoms with Crippen molar-refractivity contribution < 1.29 is 17.9 Å². The predicted octanol–water partition coefficient (Wildman–Crippen LogP) is 3.57. The number of hydrogen-bond donors (Lipinski definition) is 0. The summed E-state index contributed by atoms with van der Waals surface area (Å²) in [7, 11) is -0.509. The molecule has 2 aromatic rings. The van der Waals surface area contributed by atoms with Crippen LogP contribution in [0.15, 0.2) is 23.1 Å². The molecular formula is C22H31N3O4S. The van der Waals surface area contributed by atoms with Gasteiger partial charge in [-0.05, 0) is 61.6 Å². The smallest absolute Gasteiger partial charge is 0.306 e. The number of ether oxygens (including phenoxy) is 1. The molecular weight excluding hydrogens is 402 g/mol. The van der Waals surface area contributed by atoms with E-state index in [2.05, 4.69) is 11.9 Å². The Morgan fingerprint density at radius 2 is 2.07 bits per heavy atom. The number of carbonyl (C=O) groups excluding carboxylic acids is 1. The van der Waals surface area contributed by atoms with Gasteiger partial charge in [-0.2, -0.15) is 0 Å². The lowest BCUT2D eigenvalue weighted by atomic mass is 9.86. The highest BCUT2D eigenvalue weighted by Crippen LogP contribution is 2.49. The third-order valence-corrected chi connectivity index (χ3v) is 8.51. The van der Waals surface area contributed by atoms with E-state index >= 15 is 0 Å². The molecule has 164 valence electrons. The Labute approximate surface area is 178 Å². The summed E-state index contributed by atoms with van der Waals surface area (Å²) in [5.41, 5.74) is 1.46. The third kappa shape index (κ3) is 3.99. The molecule has 1 aromatic carbocycles. The van der Waals surface area contributed by atoms with Gasteiger partial charge in [-0.3, -0.25) is 4.79 Å². The van der Waals surface area contributed by atoms with Gasteiger partial charge in [0.1, 0.15) is 12.4 Å². The molecule has 0 radical (unpaired) electrons. The minimum absolute atomic E-state index is 0.115. The van der Waals surface area contributed by atoms with Crippen LogP contribution in [0.5, 0.6) is 0 Å². The summed E-state index contributed by atoms with van der Waals surface area (Å²) >= 11 is 0. The minimum Gasteiger partial charge on any atom is -0.457 e. The third-order valence-electron chi connectivity index (χ3n) is 6.70. The number of aromatic nitrogens is 2.